The Hall–Kier alpha value is -1.92. The fourth-order valence-electron chi connectivity index (χ4n) is 2.06. The number of halogens is 1. The molecule has 1 N–H and O–H groups in total. The van der Waals surface area contributed by atoms with E-state index in [0.29, 0.717) is 11.3 Å². The van der Waals surface area contributed by atoms with Crippen LogP contribution < -0.4 is 4.74 Å². The lowest BCUT2D eigenvalue weighted by molar-refractivity contribution is 0.125. The number of sulfone groups is 1. The van der Waals surface area contributed by atoms with Gasteiger partial charge < -0.3 is 9.84 Å². The molecule has 0 aliphatic heterocycles. The van der Waals surface area contributed by atoms with Crippen molar-refractivity contribution in [2.45, 2.75) is 18.8 Å². The third-order valence-electron chi connectivity index (χ3n) is 3.21. The standard InChI is InChI=1S/C17H19FO4S/c1-13-2-4-14(5-3-13)11-23(20,21)12-16(19)10-22-17-8-6-15(18)7-9-17/h2-9,16,19H,10-12H2,1H3/t16-/m0/s1. The number of hydrogen-bond acceptors (Lipinski definition) is 4. The van der Waals surface area contributed by atoms with Gasteiger partial charge in [-0.15, -0.1) is 0 Å². The van der Waals surface area contributed by atoms with Crippen LogP contribution in [0.2, 0.25) is 0 Å². The third-order valence-corrected chi connectivity index (χ3v) is 4.88. The summed E-state index contributed by atoms with van der Waals surface area (Å²) >= 11 is 0. The molecule has 0 saturated carbocycles. The maximum absolute atomic E-state index is 12.8. The molecule has 0 amide bonds. The van der Waals surface area contributed by atoms with Crippen LogP contribution in [0, 0.1) is 12.7 Å². The second kappa shape index (κ2) is 7.57. The molecule has 0 bridgehead atoms. The number of ether oxygens (including phenoxy) is 1. The van der Waals surface area contributed by atoms with E-state index in [1.807, 2.05) is 19.1 Å². The van der Waals surface area contributed by atoms with Crippen LogP contribution in [-0.4, -0.2) is 32.0 Å². The molecule has 4 nitrogen and oxygen atoms in total. The lowest BCUT2D eigenvalue weighted by Gasteiger charge is -2.13. The molecule has 1 atom stereocenters. The van der Waals surface area contributed by atoms with E-state index in [9.17, 15) is 17.9 Å². The Labute approximate surface area is 135 Å². The average Bonchev–Trinajstić information content (AvgIpc) is 2.48. The molecule has 0 spiro atoms. The van der Waals surface area contributed by atoms with Gasteiger partial charge in [0.1, 0.15) is 24.3 Å². The average molecular weight is 338 g/mol. The third kappa shape index (κ3) is 6.00. The van der Waals surface area contributed by atoms with Crippen LogP contribution in [0.5, 0.6) is 5.75 Å². The van der Waals surface area contributed by atoms with Crippen LogP contribution in [0.15, 0.2) is 48.5 Å². The molecule has 23 heavy (non-hydrogen) atoms. The number of benzene rings is 2. The highest BCUT2D eigenvalue weighted by Gasteiger charge is 2.18. The zero-order valence-corrected chi connectivity index (χ0v) is 13.6. The molecular weight excluding hydrogens is 319 g/mol. The topological polar surface area (TPSA) is 63.6 Å². The monoisotopic (exact) mass is 338 g/mol. The second-order valence-electron chi connectivity index (χ2n) is 5.46. The molecule has 2 aromatic rings. The molecule has 6 heteroatoms. The van der Waals surface area contributed by atoms with E-state index in [2.05, 4.69) is 0 Å². The summed E-state index contributed by atoms with van der Waals surface area (Å²) in [4.78, 5) is 0. The van der Waals surface area contributed by atoms with E-state index in [4.69, 9.17) is 4.74 Å². The Morgan fingerprint density at radius 2 is 1.70 bits per heavy atom. The first-order valence-corrected chi connectivity index (χ1v) is 8.98. The Kier molecular flexibility index (Phi) is 5.74. The van der Waals surface area contributed by atoms with Crippen LogP contribution in [0.25, 0.3) is 0 Å². The van der Waals surface area contributed by atoms with E-state index in [1.165, 1.54) is 24.3 Å². The molecule has 0 aliphatic rings. The minimum atomic E-state index is -3.45. The van der Waals surface area contributed by atoms with Crippen LogP contribution in [0.4, 0.5) is 4.39 Å². The van der Waals surface area contributed by atoms with E-state index < -0.39 is 21.8 Å². The molecule has 2 aromatic carbocycles. The summed E-state index contributed by atoms with van der Waals surface area (Å²) in [6.45, 7) is 1.76. The molecule has 0 aliphatic carbocycles. The van der Waals surface area contributed by atoms with Gasteiger partial charge in [-0.05, 0) is 36.8 Å². The van der Waals surface area contributed by atoms with Gasteiger partial charge in [0.2, 0.25) is 0 Å². The normalized spacial score (nSPS) is 12.8. The van der Waals surface area contributed by atoms with Crippen LogP contribution in [-0.2, 0) is 15.6 Å². The van der Waals surface area contributed by atoms with Crippen molar-refractivity contribution in [3.05, 3.63) is 65.5 Å². The molecule has 0 heterocycles. The molecule has 0 unspecified atom stereocenters. The summed E-state index contributed by atoms with van der Waals surface area (Å²) in [6, 6.07) is 12.5. The Morgan fingerprint density at radius 1 is 1.09 bits per heavy atom. The molecule has 124 valence electrons. The quantitative estimate of drug-likeness (QED) is 0.842. The molecule has 0 saturated heterocycles. The molecule has 2 rings (SSSR count). The van der Waals surface area contributed by atoms with Crippen molar-refractivity contribution in [3.63, 3.8) is 0 Å². The SMILES string of the molecule is Cc1ccc(CS(=O)(=O)C[C@@H](O)COc2ccc(F)cc2)cc1. The predicted molar refractivity (Wildman–Crippen MR) is 86.6 cm³/mol. The Morgan fingerprint density at radius 3 is 2.30 bits per heavy atom. The van der Waals surface area contributed by atoms with Crippen molar-refractivity contribution < 1.29 is 22.7 Å². The van der Waals surface area contributed by atoms with Gasteiger partial charge >= 0.3 is 0 Å². The smallest absolute Gasteiger partial charge is 0.157 e. The zero-order valence-electron chi connectivity index (χ0n) is 12.8. The number of hydrogen-bond donors (Lipinski definition) is 1. The molecule has 0 radical (unpaired) electrons. The lowest BCUT2D eigenvalue weighted by atomic mass is 10.2. The summed E-state index contributed by atoms with van der Waals surface area (Å²) in [7, 11) is -3.45. The highest BCUT2D eigenvalue weighted by Crippen LogP contribution is 2.13. The van der Waals surface area contributed by atoms with E-state index >= 15 is 0 Å². The number of aliphatic hydroxyl groups is 1. The van der Waals surface area contributed by atoms with Gasteiger partial charge in [-0.3, -0.25) is 0 Å². The van der Waals surface area contributed by atoms with Crippen molar-refractivity contribution in [2.24, 2.45) is 0 Å². The summed E-state index contributed by atoms with van der Waals surface area (Å²) in [5, 5.41) is 9.84. The maximum Gasteiger partial charge on any atom is 0.157 e. The zero-order chi connectivity index (χ0) is 16.9. The molecule has 0 aromatic heterocycles. The minimum Gasteiger partial charge on any atom is -0.491 e. The van der Waals surface area contributed by atoms with E-state index in [-0.39, 0.29) is 18.1 Å². The first-order chi connectivity index (χ1) is 10.8. The van der Waals surface area contributed by atoms with Crippen molar-refractivity contribution >= 4 is 9.84 Å². The van der Waals surface area contributed by atoms with E-state index in [1.54, 1.807) is 12.1 Å². The highest BCUT2D eigenvalue weighted by molar-refractivity contribution is 7.90. The van der Waals surface area contributed by atoms with Gasteiger partial charge in [0.25, 0.3) is 0 Å². The number of rotatable bonds is 7. The summed E-state index contributed by atoms with van der Waals surface area (Å²) in [5.41, 5.74) is 1.74. The van der Waals surface area contributed by atoms with Crippen LogP contribution in [0.1, 0.15) is 11.1 Å². The Bertz CT molecular complexity index is 724. The van der Waals surface area contributed by atoms with Gasteiger partial charge in [-0.2, -0.15) is 0 Å². The highest BCUT2D eigenvalue weighted by atomic mass is 32.2. The van der Waals surface area contributed by atoms with Crippen molar-refractivity contribution in [2.75, 3.05) is 12.4 Å². The molecule has 0 fully saturated rings. The second-order valence-corrected chi connectivity index (χ2v) is 7.57. The Balaban J connectivity index is 1.86. The first-order valence-electron chi connectivity index (χ1n) is 7.16. The van der Waals surface area contributed by atoms with Gasteiger partial charge in [0, 0.05) is 0 Å². The summed E-state index contributed by atoms with van der Waals surface area (Å²) < 4.78 is 42.2. The lowest BCUT2D eigenvalue weighted by Crippen LogP contribution is -2.27. The van der Waals surface area contributed by atoms with Gasteiger partial charge in [0.15, 0.2) is 9.84 Å². The van der Waals surface area contributed by atoms with Crippen molar-refractivity contribution in [3.8, 4) is 5.75 Å². The fraction of sp³-hybridized carbons (Fsp3) is 0.294. The fourth-order valence-corrected chi connectivity index (χ4v) is 3.56. The van der Waals surface area contributed by atoms with E-state index in [0.717, 1.165) is 5.56 Å². The first kappa shape index (κ1) is 17.4. The molecular formula is C17H19FO4S. The van der Waals surface area contributed by atoms with Gasteiger partial charge in [-0.25, -0.2) is 12.8 Å². The summed E-state index contributed by atoms with van der Waals surface area (Å²) in [6.07, 6.45) is -1.14. The van der Waals surface area contributed by atoms with Crippen LogP contribution in [0.3, 0.4) is 0 Å². The van der Waals surface area contributed by atoms with Crippen LogP contribution >= 0.6 is 0 Å². The predicted octanol–water partition coefficient (Wildman–Crippen LogP) is 2.49. The van der Waals surface area contributed by atoms with Crippen molar-refractivity contribution in [1.82, 2.24) is 0 Å². The number of aryl methyl sites for hydroxylation is 1. The largest absolute Gasteiger partial charge is 0.491 e. The number of aliphatic hydroxyl groups excluding tert-OH is 1. The van der Waals surface area contributed by atoms with Gasteiger partial charge in [0.05, 0.1) is 11.5 Å². The van der Waals surface area contributed by atoms with Crippen molar-refractivity contribution in [1.29, 1.82) is 0 Å². The maximum atomic E-state index is 12.8. The summed E-state index contributed by atoms with van der Waals surface area (Å²) in [5.74, 6) is -0.525. The minimum absolute atomic E-state index is 0.124. The van der Waals surface area contributed by atoms with Gasteiger partial charge in [-0.1, -0.05) is 29.8 Å².